The summed E-state index contributed by atoms with van der Waals surface area (Å²) in [7, 11) is 0. The molecule has 0 spiro atoms. The van der Waals surface area contributed by atoms with Crippen LogP contribution in [0.3, 0.4) is 0 Å². The summed E-state index contributed by atoms with van der Waals surface area (Å²) in [6.07, 6.45) is 4.09. The average molecular weight is 654 g/mol. The molecule has 51 heavy (non-hydrogen) atoms. The van der Waals surface area contributed by atoms with Gasteiger partial charge in [0.05, 0.1) is 11.6 Å². The molecule has 0 bridgehead atoms. The van der Waals surface area contributed by atoms with E-state index in [1.807, 2.05) is 24.4 Å². The van der Waals surface area contributed by atoms with Gasteiger partial charge in [-0.1, -0.05) is 133 Å². The monoisotopic (exact) mass is 653 g/mol. The molecule has 3 heteroatoms. The Bertz CT molecular complexity index is 2650. The van der Waals surface area contributed by atoms with Crippen LogP contribution in [0.15, 0.2) is 163 Å². The van der Waals surface area contributed by atoms with Gasteiger partial charge in [0.1, 0.15) is 0 Å². The van der Waals surface area contributed by atoms with Gasteiger partial charge >= 0.3 is 0 Å². The highest BCUT2D eigenvalue weighted by Gasteiger charge is 2.17. The van der Waals surface area contributed by atoms with E-state index in [0.717, 1.165) is 44.7 Å². The highest BCUT2D eigenvalue weighted by molar-refractivity contribution is 6.21. The van der Waals surface area contributed by atoms with Crippen LogP contribution >= 0.6 is 0 Å². The number of rotatable bonds is 6. The Labute approximate surface area is 298 Å². The summed E-state index contributed by atoms with van der Waals surface area (Å²) < 4.78 is 0. The molecule has 3 nitrogen and oxygen atoms in total. The Morgan fingerprint density at radius 2 is 1.12 bits per heavy atom. The summed E-state index contributed by atoms with van der Waals surface area (Å²) >= 11 is 0. The van der Waals surface area contributed by atoms with E-state index in [1.54, 1.807) is 0 Å². The summed E-state index contributed by atoms with van der Waals surface area (Å²) in [4.78, 5) is 9.73. The molecule has 0 radical (unpaired) electrons. The molecule has 7 aromatic carbocycles. The number of aliphatic imine (C=N–C) groups is 1. The maximum atomic E-state index is 9.42. The maximum Gasteiger partial charge on any atom is 0.155 e. The van der Waals surface area contributed by atoms with Crippen molar-refractivity contribution in [2.45, 2.75) is 20.8 Å². The van der Waals surface area contributed by atoms with Crippen LogP contribution in [-0.4, -0.2) is 10.7 Å². The molecule has 1 aromatic heterocycles. The molecule has 0 saturated carbocycles. The third-order valence-electron chi connectivity index (χ3n) is 9.82. The van der Waals surface area contributed by atoms with Crippen molar-refractivity contribution >= 4 is 49.4 Å². The number of nitrogens with zero attached hydrogens (tertiary/aromatic N) is 3. The van der Waals surface area contributed by atoms with Crippen LogP contribution in [0.4, 0.5) is 5.82 Å². The largest absolute Gasteiger partial charge is 0.236 e. The molecule has 0 atom stereocenters. The van der Waals surface area contributed by atoms with Crippen molar-refractivity contribution in [1.29, 1.82) is 5.26 Å². The van der Waals surface area contributed by atoms with Crippen molar-refractivity contribution in [3.05, 3.63) is 186 Å². The molecule has 1 heterocycles. The molecule has 0 aliphatic heterocycles. The summed E-state index contributed by atoms with van der Waals surface area (Å²) in [5.41, 5.74) is 11.9. The highest BCUT2D eigenvalue weighted by Crippen LogP contribution is 2.44. The summed E-state index contributed by atoms with van der Waals surface area (Å²) in [5.74, 6) is 0.741. The van der Waals surface area contributed by atoms with Crippen LogP contribution in [0.1, 0.15) is 34.7 Å². The minimum absolute atomic E-state index is 0.658. The van der Waals surface area contributed by atoms with Gasteiger partial charge in [-0.2, -0.15) is 5.26 Å². The fourth-order valence-corrected chi connectivity index (χ4v) is 7.29. The zero-order valence-electron chi connectivity index (χ0n) is 28.9. The van der Waals surface area contributed by atoms with Crippen LogP contribution in [0.5, 0.6) is 0 Å². The average Bonchev–Trinajstić information content (AvgIpc) is 3.18. The molecule has 0 N–H and O–H groups in total. The van der Waals surface area contributed by atoms with Gasteiger partial charge < -0.3 is 0 Å². The van der Waals surface area contributed by atoms with Crippen LogP contribution in [-0.2, 0) is 0 Å². The van der Waals surface area contributed by atoms with Crippen molar-refractivity contribution in [1.82, 2.24) is 4.98 Å². The summed E-state index contributed by atoms with van der Waals surface area (Å²) in [6, 6.07) is 53.3. The lowest BCUT2D eigenvalue weighted by Crippen LogP contribution is -1.97. The van der Waals surface area contributed by atoms with E-state index in [9.17, 15) is 5.26 Å². The van der Waals surface area contributed by atoms with E-state index < -0.39 is 0 Å². The van der Waals surface area contributed by atoms with Gasteiger partial charge in [0, 0.05) is 22.9 Å². The van der Waals surface area contributed by atoms with Crippen LogP contribution in [0.2, 0.25) is 0 Å². The Morgan fingerprint density at radius 3 is 1.69 bits per heavy atom. The highest BCUT2D eigenvalue weighted by atomic mass is 14.9. The molecule has 0 amide bonds. The Kier molecular flexibility index (Phi) is 8.28. The van der Waals surface area contributed by atoms with E-state index in [-0.39, 0.29) is 0 Å². The van der Waals surface area contributed by atoms with Crippen molar-refractivity contribution in [3.8, 4) is 28.3 Å². The first-order valence-electron chi connectivity index (χ1n) is 17.2. The number of hydrogen-bond donors (Lipinski definition) is 0. The van der Waals surface area contributed by atoms with E-state index in [1.165, 1.54) is 49.2 Å². The molecule has 8 aromatic rings. The number of pyridine rings is 1. The minimum Gasteiger partial charge on any atom is -0.236 e. The van der Waals surface area contributed by atoms with Crippen molar-refractivity contribution in [3.63, 3.8) is 0 Å². The number of allylic oxidation sites excluding steroid dienone is 1. The second-order valence-electron chi connectivity index (χ2n) is 13.0. The van der Waals surface area contributed by atoms with E-state index >= 15 is 0 Å². The van der Waals surface area contributed by atoms with Gasteiger partial charge in [0.2, 0.25) is 0 Å². The molecule has 8 rings (SSSR count). The van der Waals surface area contributed by atoms with Gasteiger partial charge in [-0.15, -0.1) is 0 Å². The van der Waals surface area contributed by atoms with Crippen molar-refractivity contribution in [2.24, 2.45) is 4.99 Å². The molecule has 0 aliphatic rings. The lowest BCUT2D eigenvalue weighted by Gasteiger charge is -2.18. The van der Waals surface area contributed by atoms with Gasteiger partial charge in [-0.05, 0) is 110 Å². The van der Waals surface area contributed by atoms with Crippen LogP contribution < -0.4 is 0 Å². The molecular formula is C48H35N3. The van der Waals surface area contributed by atoms with Crippen molar-refractivity contribution < 1.29 is 0 Å². The SMILES string of the molecule is CC(/C=C(/c1ccc(-c2c3ccccc3c(-c3ccc(C#N)cc3)c3ccccc23)cc1)c1ccccc1C)=N\c1ncc2ccccc2c1C. The van der Waals surface area contributed by atoms with Crippen LogP contribution in [0, 0.1) is 25.2 Å². The molecule has 0 fully saturated rings. The topological polar surface area (TPSA) is 49.0 Å². The standard InChI is InChI=1S/C48H35N3/c1-31-12-4-6-14-39(31)45(28-32(2)51-48-33(3)40-15-7-5-13-38(40)30-50-48)35-24-26-37(27-25-35)47-43-18-10-8-16-41(43)46(42-17-9-11-19-44(42)47)36-22-20-34(29-49)21-23-36/h4-28,30H,1-3H3/b45-28-,51-32+. The minimum atomic E-state index is 0.658. The number of benzene rings is 7. The quantitative estimate of drug-likeness (QED) is 0.132. The maximum absolute atomic E-state index is 9.42. The smallest absolute Gasteiger partial charge is 0.155 e. The fraction of sp³-hybridized carbons (Fsp3) is 0.0625. The molecule has 0 aliphatic carbocycles. The van der Waals surface area contributed by atoms with Gasteiger partial charge in [0.15, 0.2) is 5.82 Å². The third-order valence-corrected chi connectivity index (χ3v) is 9.82. The number of hydrogen-bond acceptors (Lipinski definition) is 3. The molecular weight excluding hydrogens is 619 g/mol. The van der Waals surface area contributed by atoms with Gasteiger partial charge in [-0.3, -0.25) is 0 Å². The number of nitriles is 1. The third kappa shape index (κ3) is 5.88. The lowest BCUT2D eigenvalue weighted by molar-refractivity contribution is 1.25. The lowest BCUT2D eigenvalue weighted by atomic mass is 9.85. The first kappa shape index (κ1) is 31.6. The van der Waals surface area contributed by atoms with Crippen LogP contribution in [0.25, 0.3) is 60.1 Å². The first-order valence-corrected chi connectivity index (χ1v) is 17.2. The Morgan fingerprint density at radius 1 is 0.608 bits per heavy atom. The first-order chi connectivity index (χ1) is 25.0. The summed E-state index contributed by atoms with van der Waals surface area (Å²) in [6.45, 7) is 6.31. The molecule has 242 valence electrons. The zero-order valence-corrected chi connectivity index (χ0v) is 28.9. The number of aromatic nitrogens is 1. The number of aryl methyl sites for hydroxylation is 2. The van der Waals surface area contributed by atoms with Gasteiger partial charge in [-0.25, -0.2) is 9.98 Å². The van der Waals surface area contributed by atoms with E-state index in [4.69, 9.17) is 9.98 Å². The van der Waals surface area contributed by atoms with E-state index in [2.05, 4.69) is 160 Å². The molecule has 0 unspecified atom stereocenters. The second-order valence-corrected chi connectivity index (χ2v) is 13.0. The normalized spacial score (nSPS) is 12.0. The zero-order chi connectivity index (χ0) is 34.9. The van der Waals surface area contributed by atoms with E-state index in [0.29, 0.717) is 5.56 Å². The Hall–Kier alpha value is -6.63. The van der Waals surface area contributed by atoms with Crippen molar-refractivity contribution in [2.75, 3.05) is 0 Å². The summed E-state index contributed by atoms with van der Waals surface area (Å²) in [5, 5.41) is 16.5. The predicted molar refractivity (Wildman–Crippen MR) is 215 cm³/mol. The van der Waals surface area contributed by atoms with Gasteiger partial charge in [0.25, 0.3) is 0 Å². The second kappa shape index (κ2) is 13.3. The fourth-order valence-electron chi connectivity index (χ4n) is 7.29. The molecule has 0 saturated heterocycles. The number of fused-ring (bicyclic) bond motifs is 3. The predicted octanol–water partition coefficient (Wildman–Crippen LogP) is 12.6. The Balaban J connectivity index is 1.26.